The summed E-state index contributed by atoms with van der Waals surface area (Å²) in [5.74, 6) is -0.127. The fourth-order valence-electron chi connectivity index (χ4n) is 3.61. The second-order valence-corrected chi connectivity index (χ2v) is 6.30. The first kappa shape index (κ1) is 16.4. The van der Waals surface area contributed by atoms with E-state index in [0.717, 1.165) is 19.5 Å². The molecule has 1 amide bonds. The van der Waals surface area contributed by atoms with Crippen LogP contribution in [-0.2, 0) is 22.5 Å². The Labute approximate surface area is 136 Å². The second kappa shape index (κ2) is 6.97. The van der Waals surface area contributed by atoms with Crippen molar-refractivity contribution in [2.24, 2.45) is 0 Å². The van der Waals surface area contributed by atoms with Crippen LogP contribution in [0.2, 0.25) is 0 Å². The Morgan fingerprint density at radius 3 is 2.78 bits per heavy atom. The Bertz CT molecular complexity index is 565. The van der Waals surface area contributed by atoms with Gasteiger partial charge in [0.25, 0.3) is 0 Å². The topological polar surface area (TPSA) is 82.0 Å². The van der Waals surface area contributed by atoms with E-state index in [0.29, 0.717) is 6.54 Å². The monoisotopic (exact) mass is 320 g/mol. The number of fused-ring (bicyclic) bond motifs is 1. The van der Waals surface area contributed by atoms with Crippen LogP contribution in [0.1, 0.15) is 18.1 Å². The van der Waals surface area contributed by atoms with Crippen LogP contribution in [0.25, 0.3) is 0 Å². The lowest BCUT2D eigenvalue weighted by molar-refractivity contribution is -0.119. The molecule has 1 saturated heterocycles. The molecule has 1 aromatic carbocycles. The third kappa shape index (κ3) is 3.40. The molecule has 2 heterocycles. The number of hydrogen-bond acceptors (Lipinski definition) is 5. The SMILES string of the molecule is CC(=O)NCC1OC(CO)C(O)C1N1CCc2ccccc2C1. The highest BCUT2D eigenvalue weighted by Gasteiger charge is 2.46. The molecule has 1 fully saturated rings. The number of nitrogens with one attached hydrogen (secondary N) is 1. The first-order valence-electron chi connectivity index (χ1n) is 8.10. The first-order valence-corrected chi connectivity index (χ1v) is 8.10. The third-order valence-electron chi connectivity index (χ3n) is 4.78. The van der Waals surface area contributed by atoms with Crippen molar-refractivity contribution in [1.29, 1.82) is 0 Å². The molecule has 3 N–H and O–H groups in total. The molecule has 6 heteroatoms. The Kier molecular flexibility index (Phi) is 4.96. The van der Waals surface area contributed by atoms with Gasteiger partial charge in [-0.3, -0.25) is 9.69 Å². The molecule has 6 nitrogen and oxygen atoms in total. The summed E-state index contributed by atoms with van der Waals surface area (Å²) in [6.07, 6.45) is -0.757. The lowest BCUT2D eigenvalue weighted by Crippen LogP contribution is -2.52. The van der Waals surface area contributed by atoms with Gasteiger partial charge in [-0.15, -0.1) is 0 Å². The summed E-state index contributed by atoms with van der Waals surface area (Å²) in [5.41, 5.74) is 2.60. The Balaban J connectivity index is 1.76. The number of ether oxygens (including phenoxy) is 1. The van der Waals surface area contributed by atoms with Crippen LogP contribution in [0.3, 0.4) is 0 Å². The Hall–Kier alpha value is -1.47. The lowest BCUT2D eigenvalue weighted by atomic mass is 9.95. The van der Waals surface area contributed by atoms with E-state index in [1.807, 2.05) is 12.1 Å². The van der Waals surface area contributed by atoms with Gasteiger partial charge >= 0.3 is 0 Å². The smallest absolute Gasteiger partial charge is 0.216 e. The summed E-state index contributed by atoms with van der Waals surface area (Å²) in [7, 11) is 0. The van der Waals surface area contributed by atoms with E-state index in [2.05, 4.69) is 22.3 Å². The minimum absolute atomic E-state index is 0.127. The summed E-state index contributed by atoms with van der Waals surface area (Å²) in [6, 6.07) is 8.08. The zero-order valence-electron chi connectivity index (χ0n) is 13.3. The van der Waals surface area contributed by atoms with Crippen molar-refractivity contribution >= 4 is 5.91 Å². The fourth-order valence-corrected chi connectivity index (χ4v) is 3.61. The van der Waals surface area contributed by atoms with E-state index >= 15 is 0 Å². The number of carbonyl (C=O) groups excluding carboxylic acids is 1. The van der Waals surface area contributed by atoms with E-state index in [1.165, 1.54) is 18.1 Å². The van der Waals surface area contributed by atoms with Crippen molar-refractivity contribution in [2.45, 2.75) is 44.2 Å². The summed E-state index contributed by atoms with van der Waals surface area (Å²) < 4.78 is 5.77. The summed E-state index contributed by atoms with van der Waals surface area (Å²) >= 11 is 0. The number of aliphatic hydroxyl groups is 2. The average molecular weight is 320 g/mol. The standard InChI is InChI=1S/C17H24N2O4/c1-11(21)18-8-14-16(17(22)15(10-20)23-14)19-7-6-12-4-2-3-5-13(12)9-19/h2-5,14-17,20,22H,6-10H2,1H3,(H,18,21). The van der Waals surface area contributed by atoms with Gasteiger partial charge in [0.15, 0.2) is 0 Å². The fraction of sp³-hybridized carbons (Fsp3) is 0.588. The van der Waals surface area contributed by atoms with E-state index < -0.39 is 12.2 Å². The van der Waals surface area contributed by atoms with Gasteiger partial charge in [0.2, 0.25) is 5.91 Å². The van der Waals surface area contributed by atoms with Crippen molar-refractivity contribution in [2.75, 3.05) is 19.7 Å². The maximum Gasteiger partial charge on any atom is 0.216 e. The van der Waals surface area contributed by atoms with Crippen LogP contribution in [0.5, 0.6) is 0 Å². The molecule has 4 atom stereocenters. The number of carbonyl (C=O) groups is 1. The zero-order valence-corrected chi connectivity index (χ0v) is 13.3. The van der Waals surface area contributed by atoms with Crippen molar-refractivity contribution in [1.82, 2.24) is 10.2 Å². The van der Waals surface area contributed by atoms with Gasteiger partial charge in [-0.05, 0) is 17.5 Å². The van der Waals surface area contributed by atoms with Gasteiger partial charge in [-0.2, -0.15) is 0 Å². The molecule has 2 aliphatic heterocycles. The van der Waals surface area contributed by atoms with Gasteiger partial charge in [0, 0.05) is 26.6 Å². The predicted molar refractivity (Wildman–Crippen MR) is 84.8 cm³/mol. The van der Waals surface area contributed by atoms with Crippen LogP contribution < -0.4 is 5.32 Å². The Morgan fingerprint density at radius 1 is 1.35 bits per heavy atom. The number of hydrogen-bond donors (Lipinski definition) is 3. The van der Waals surface area contributed by atoms with Crippen molar-refractivity contribution in [3.8, 4) is 0 Å². The van der Waals surface area contributed by atoms with Crippen LogP contribution in [0, 0.1) is 0 Å². The molecule has 0 aliphatic carbocycles. The van der Waals surface area contributed by atoms with E-state index in [9.17, 15) is 15.0 Å². The van der Waals surface area contributed by atoms with E-state index in [4.69, 9.17) is 4.74 Å². The molecule has 4 unspecified atom stereocenters. The lowest BCUT2D eigenvalue weighted by Gasteiger charge is -2.37. The van der Waals surface area contributed by atoms with Crippen molar-refractivity contribution < 1.29 is 19.7 Å². The van der Waals surface area contributed by atoms with Gasteiger partial charge in [0.05, 0.1) is 18.8 Å². The van der Waals surface area contributed by atoms with Crippen molar-refractivity contribution in [3.63, 3.8) is 0 Å². The molecule has 0 radical (unpaired) electrons. The number of amides is 1. The highest BCUT2D eigenvalue weighted by Crippen LogP contribution is 2.29. The largest absolute Gasteiger partial charge is 0.394 e. The van der Waals surface area contributed by atoms with Crippen LogP contribution in [0.15, 0.2) is 24.3 Å². The van der Waals surface area contributed by atoms with E-state index in [1.54, 1.807) is 0 Å². The molecule has 0 bridgehead atoms. The molecule has 126 valence electrons. The first-order chi connectivity index (χ1) is 11.1. The molecule has 23 heavy (non-hydrogen) atoms. The molecule has 2 aliphatic rings. The summed E-state index contributed by atoms with van der Waals surface area (Å²) in [4.78, 5) is 13.4. The van der Waals surface area contributed by atoms with Crippen LogP contribution >= 0.6 is 0 Å². The molecule has 0 aromatic heterocycles. The van der Waals surface area contributed by atoms with Gasteiger partial charge in [-0.25, -0.2) is 0 Å². The average Bonchev–Trinajstić information content (AvgIpc) is 2.88. The summed E-state index contributed by atoms with van der Waals surface area (Å²) in [5, 5.41) is 22.7. The minimum atomic E-state index is -0.760. The predicted octanol–water partition coefficient (Wildman–Crippen LogP) is -0.330. The minimum Gasteiger partial charge on any atom is -0.394 e. The molecular weight excluding hydrogens is 296 g/mol. The van der Waals surface area contributed by atoms with Gasteiger partial charge in [-0.1, -0.05) is 24.3 Å². The quantitative estimate of drug-likeness (QED) is 0.708. The maximum absolute atomic E-state index is 11.2. The highest BCUT2D eigenvalue weighted by molar-refractivity contribution is 5.72. The second-order valence-electron chi connectivity index (χ2n) is 6.30. The number of aliphatic hydroxyl groups excluding tert-OH is 2. The normalized spacial score (nSPS) is 30.9. The van der Waals surface area contributed by atoms with Crippen molar-refractivity contribution in [3.05, 3.63) is 35.4 Å². The molecule has 0 spiro atoms. The molecule has 1 aromatic rings. The molecule has 3 rings (SSSR count). The van der Waals surface area contributed by atoms with Gasteiger partial charge in [0.1, 0.15) is 12.2 Å². The number of rotatable bonds is 4. The number of benzene rings is 1. The zero-order chi connectivity index (χ0) is 16.4. The molecular formula is C17H24N2O4. The van der Waals surface area contributed by atoms with Crippen LogP contribution in [-0.4, -0.2) is 65.1 Å². The Morgan fingerprint density at radius 2 is 2.09 bits per heavy atom. The molecule has 0 saturated carbocycles. The third-order valence-corrected chi connectivity index (χ3v) is 4.78. The van der Waals surface area contributed by atoms with Crippen LogP contribution in [0.4, 0.5) is 0 Å². The van der Waals surface area contributed by atoms with E-state index in [-0.39, 0.29) is 24.7 Å². The maximum atomic E-state index is 11.2. The summed E-state index contributed by atoms with van der Waals surface area (Å²) in [6.45, 7) is 3.15. The van der Waals surface area contributed by atoms with Gasteiger partial charge < -0.3 is 20.3 Å². The number of nitrogens with zero attached hydrogens (tertiary/aromatic N) is 1. The highest BCUT2D eigenvalue weighted by atomic mass is 16.5.